The predicted molar refractivity (Wildman–Crippen MR) is 67.1 cm³/mol. The maximum absolute atomic E-state index is 9.10. The third-order valence-corrected chi connectivity index (χ3v) is 2.88. The average molecular weight is 223 g/mol. The zero-order chi connectivity index (χ0) is 12.0. The largest absolute Gasteiger partial charge is 0.300 e. The van der Waals surface area contributed by atoms with Gasteiger partial charge in [0.15, 0.2) is 0 Å². The van der Waals surface area contributed by atoms with Crippen molar-refractivity contribution < 1.29 is 0 Å². The van der Waals surface area contributed by atoms with E-state index >= 15 is 0 Å². The van der Waals surface area contributed by atoms with Gasteiger partial charge in [-0.2, -0.15) is 5.26 Å². The van der Waals surface area contributed by atoms with E-state index in [1.165, 1.54) is 25.8 Å². The molecule has 1 aliphatic carbocycles. The van der Waals surface area contributed by atoms with Gasteiger partial charge < -0.3 is 4.90 Å². The summed E-state index contributed by atoms with van der Waals surface area (Å²) < 4.78 is 0. The molecule has 0 aromatic rings. The van der Waals surface area contributed by atoms with Crippen LogP contribution in [0.3, 0.4) is 0 Å². The molecule has 1 atom stereocenters. The Labute approximate surface area is 99.8 Å². The van der Waals surface area contributed by atoms with E-state index in [1.54, 1.807) is 0 Å². The molecule has 1 rings (SSSR count). The third kappa shape index (κ3) is 5.48. The van der Waals surface area contributed by atoms with Crippen molar-refractivity contribution in [2.75, 3.05) is 19.6 Å². The van der Waals surface area contributed by atoms with Crippen molar-refractivity contribution in [3.05, 3.63) is 0 Å². The molecule has 16 heavy (non-hydrogen) atoms. The van der Waals surface area contributed by atoms with Crippen molar-refractivity contribution in [1.82, 2.24) is 10.2 Å². The Morgan fingerprint density at radius 3 is 2.56 bits per heavy atom. The highest BCUT2D eigenvalue weighted by molar-refractivity contribution is 4.93. The van der Waals surface area contributed by atoms with Crippen molar-refractivity contribution in [3.63, 3.8) is 0 Å². The lowest BCUT2D eigenvalue weighted by Gasteiger charge is -2.25. The Morgan fingerprint density at radius 1 is 1.44 bits per heavy atom. The Bertz CT molecular complexity index is 228. The lowest BCUT2D eigenvalue weighted by molar-refractivity contribution is 0.244. The molecule has 1 N–H and O–H groups in total. The summed E-state index contributed by atoms with van der Waals surface area (Å²) >= 11 is 0. The molecule has 1 aliphatic rings. The van der Waals surface area contributed by atoms with Crippen molar-refractivity contribution in [1.29, 1.82) is 5.26 Å². The van der Waals surface area contributed by atoms with Crippen LogP contribution in [-0.4, -0.2) is 36.6 Å². The van der Waals surface area contributed by atoms with Crippen LogP contribution in [0, 0.1) is 17.2 Å². The Hall–Kier alpha value is -0.590. The fourth-order valence-electron chi connectivity index (χ4n) is 2.03. The molecule has 0 saturated heterocycles. The lowest BCUT2D eigenvalue weighted by atomic mass is 10.2. The van der Waals surface area contributed by atoms with Gasteiger partial charge in [0.2, 0.25) is 0 Å². The van der Waals surface area contributed by atoms with Crippen molar-refractivity contribution >= 4 is 0 Å². The molecule has 1 fully saturated rings. The minimum absolute atomic E-state index is 0.0229. The van der Waals surface area contributed by atoms with Gasteiger partial charge in [-0.25, -0.2) is 0 Å². The van der Waals surface area contributed by atoms with Gasteiger partial charge in [0, 0.05) is 19.1 Å². The summed E-state index contributed by atoms with van der Waals surface area (Å²) in [6, 6.07) is 2.72. The van der Waals surface area contributed by atoms with Crippen LogP contribution in [0.1, 0.15) is 40.0 Å². The summed E-state index contributed by atoms with van der Waals surface area (Å²) in [4.78, 5) is 2.45. The molecular weight excluding hydrogens is 198 g/mol. The number of hydrogen-bond donors (Lipinski definition) is 1. The van der Waals surface area contributed by atoms with Crippen molar-refractivity contribution in [2.45, 2.75) is 52.1 Å². The van der Waals surface area contributed by atoms with Crippen LogP contribution in [-0.2, 0) is 0 Å². The van der Waals surface area contributed by atoms with Crippen LogP contribution < -0.4 is 5.32 Å². The Morgan fingerprint density at radius 2 is 2.12 bits per heavy atom. The molecule has 0 aromatic carbocycles. The van der Waals surface area contributed by atoms with E-state index in [0.717, 1.165) is 19.0 Å². The van der Waals surface area contributed by atoms with Gasteiger partial charge in [0.25, 0.3) is 0 Å². The van der Waals surface area contributed by atoms with Crippen LogP contribution in [0.5, 0.6) is 0 Å². The zero-order valence-corrected chi connectivity index (χ0v) is 10.9. The van der Waals surface area contributed by atoms with Gasteiger partial charge in [-0.1, -0.05) is 6.92 Å². The van der Waals surface area contributed by atoms with Gasteiger partial charge in [0.05, 0.1) is 6.07 Å². The van der Waals surface area contributed by atoms with Crippen LogP contribution in [0.15, 0.2) is 0 Å². The second-order valence-electron chi connectivity index (χ2n) is 5.21. The SMILES string of the molecule is CCCN(CC1CC1)CC(C#N)NC(C)C. The van der Waals surface area contributed by atoms with E-state index in [1.807, 2.05) is 0 Å². The minimum atomic E-state index is -0.0229. The molecule has 1 saturated carbocycles. The number of nitrogens with zero attached hydrogens (tertiary/aromatic N) is 2. The highest BCUT2D eigenvalue weighted by Gasteiger charge is 2.25. The van der Waals surface area contributed by atoms with Crippen LogP contribution in [0.4, 0.5) is 0 Å². The molecule has 92 valence electrons. The Balaban J connectivity index is 2.34. The summed E-state index contributed by atoms with van der Waals surface area (Å²) in [5.41, 5.74) is 0. The third-order valence-electron chi connectivity index (χ3n) is 2.88. The van der Waals surface area contributed by atoms with Crippen LogP contribution >= 0.6 is 0 Å². The predicted octanol–water partition coefficient (Wildman–Crippen LogP) is 2.00. The molecule has 3 nitrogen and oxygen atoms in total. The molecule has 1 unspecified atom stereocenters. The number of hydrogen-bond acceptors (Lipinski definition) is 3. The van der Waals surface area contributed by atoms with E-state index in [2.05, 4.69) is 37.1 Å². The maximum atomic E-state index is 9.10. The minimum Gasteiger partial charge on any atom is -0.300 e. The fourth-order valence-corrected chi connectivity index (χ4v) is 2.03. The quantitative estimate of drug-likeness (QED) is 0.684. The molecule has 0 spiro atoms. The van der Waals surface area contributed by atoms with Crippen molar-refractivity contribution in [2.24, 2.45) is 5.92 Å². The van der Waals surface area contributed by atoms with E-state index in [-0.39, 0.29) is 6.04 Å². The molecule has 0 bridgehead atoms. The normalized spacial score (nSPS) is 17.8. The van der Waals surface area contributed by atoms with E-state index in [9.17, 15) is 0 Å². The molecular formula is C13H25N3. The number of nitrogens with one attached hydrogen (secondary N) is 1. The standard InChI is InChI=1S/C13H25N3/c1-4-7-16(9-12-5-6-12)10-13(8-14)15-11(2)3/h11-13,15H,4-7,9-10H2,1-3H3. The summed E-state index contributed by atoms with van der Waals surface area (Å²) in [6.07, 6.45) is 3.94. The molecule has 0 radical (unpaired) electrons. The fraction of sp³-hybridized carbons (Fsp3) is 0.923. The monoisotopic (exact) mass is 223 g/mol. The van der Waals surface area contributed by atoms with Gasteiger partial charge in [0.1, 0.15) is 6.04 Å². The summed E-state index contributed by atoms with van der Waals surface area (Å²) in [5.74, 6) is 0.907. The van der Waals surface area contributed by atoms with Crippen LogP contribution in [0.2, 0.25) is 0 Å². The first-order chi connectivity index (χ1) is 7.65. The molecule has 0 amide bonds. The summed E-state index contributed by atoms with van der Waals surface area (Å²) in [6.45, 7) is 9.57. The topological polar surface area (TPSA) is 39.1 Å². The van der Waals surface area contributed by atoms with Gasteiger partial charge in [-0.05, 0) is 45.6 Å². The first kappa shape index (κ1) is 13.5. The maximum Gasteiger partial charge on any atom is 0.108 e. The number of nitriles is 1. The first-order valence-electron chi connectivity index (χ1n) is 6.53. The highest BCUT2D eigenvalue weighted by atomic mass is 15.2. The number of rotatable bonds is 8. The van der Waals surface area contributed by atoms with E-state index in [0.29, 0.717) is 6.04 Å². The van der Waals surface area contributed by atoms with Gasteiger partial charge in [-0.15, -0.1) is 0 Å². The Kier molecular flexibility index (Phi) is 5.79. The highest BCUT2D eigenvalue weighted by Crippen LogP contribution is 2.29. The van der Waals surface area contributed by atoms with E-state index < -0.39 is 0 Å². The molecule has 3 heteroatoms. The lowest BCUT2D eigenvalue weighted by Crippen LogP contribution is -2.43. The smallest absolute Gasteiger partial charge is 0.108 e. The van der Waals surface area contributed by atoms with Crippen LogP contribution in [0.25, 0.3) is 0 Å². The van der Waals surface area contributed by atoms with E-state index in [4.69, 9.17) is 5.26 Å². The summed E-state index contributed by atoms with van der Waals surface area (Å²) in [7, 11) is 0. The average Bonchev–Trinajstić information content (AvgIpc) is 3.00. The van der Waals surface area contributed by atoms with Gasteiger partial charge in [-0.3, -0.25) is 5.32 Å². The molecule has 0 aliphatic heterocycles. The summed E-state index contributed by atoms with van der Waals surface area (Å²) in [5, 5.41) is 12.4. The van der Waals surface area contributed by atoms with Crippen molar-refractivity contribution in [3.8, 4) is 6.07 Å². The first-order valence-corrected chi connectivity index (χ1v) is 6.53. The second kappa shape index (κ2) is 6.88. The molecule has 0 aromatic heterocycles. The van der Waals surface area contributed by atoms with Gasteiger partial charge >= 0.3 is 0 Å². The zero-order valence-electron chi connectivity index (χ0n) is 10.9. The molecule has 0 heterocycles. The second-order valence-corrected chi connectivity index (χ2v) is 5.21.